The van der Waals surface area contributed by atoms with Crippen LogP contribution in [-0.2, 0) is 14.4 Å². The Morgan fingerprint density at radius 3 is 2.48 bits per heavy atom. The summed E-state index contributed by atoms with van der Waals surface area (Å²) in [6.07, 6.45) is 3.25. The number of oxime groups is 1. The molecular formula is C16H19NO4. The number of ether oxygens (including phenoxy) is 1. The molecule has 1 aromatic carbocycles. The Balaban J connectivity index is 2.92. The molecule has 5 heteroatoms. The van der Waals surface area contributed by atoms with E-state index in [1.807, 2.05) is 6.07 Å². The van der Waals surface area contributed by atoms with E-state index < -0.39 is 11.9 Å². The van der Waals surface area contributed by atoms with Crippen molar-refractivity contribution >= 4 is 17.5 Å². The van der Waals surface area contributed by atoms with Crippen molar-refractivity contribution in [3.8, 4) is 0 Å². The summed E-state index contributed by atoms with van der Waals surface area (Å²) >= 11 is 0. The lowest BCUT2D eigenvalue weighted by atomic mass is 9.91. The van der Waals surface area contributed by atoms with Gasteiger partial charge < -0.3 is 9.57 Å². The topological polar surface area (TPSA) is 65.0 Å². The van der Waals surface area contributed by atoms with Crippen LogP contribution in [0.4, 0.5) is 0 Å². The molecule has 0 spiro atoms. The second-order valence-corrected chi connectivity index (χ2v) is 4.36. The molecule has 1 unspecified atom stereocenters. The van der Waals surface area contributed by atoms with Gasteiger partial charge in [0.1, 0.15) is 7.11 Å². The maximum absolute atomic E-state index is 12.5. The summed E-state index contributed by atoms with van der Waals surface area (Å²) in [4.78, 5) is 28.3. The number of hydrogen-bond donors (Lipinski definition) is 0. The van der Waals surface area contributed by atoms with Gasteiger partial charge in [0.25, 0.3) is 0 Å². The smallest absolute Gasteiger partial charge is 0.330 e. The van der Waals surface area contributed by atoms with Crippen LogP contribution in [0.3, 0.4) is 0 Å². The number of rotatable bonds is 7. The molecule has 0 saturated carbocycles. The van der Waals surface area contributed by atoms with Crippen LogP contribution in [0.25, 0.3) is 0 Å². The maximum atomic E-state index is 12.5. The normalized spacial score (nSPS) is 13.0. The second kappa shape index (κ2) is 8.68. The first-order valence-electron chi connectivity index (χ1n) is 6.51. The lowest BCUT2D eigenvalue weighted by Crippen LogP contribution is -2.22. The number of hydrogen-bond acceptors (Lipinski definition) is 5. The third-order valence-corrected chi connectivity index (χ3v) is 2.94. The molecule has 0 heterocycles. The zero-order valence-corrected chi connectivity index (χ0v) is 12.4. The predicted molar refractivity (Wildman–Crippen MR) is 80.2 cm³/mol. The van der Waals surface area contributed by atoms with Crippen molar-refractivity contribution in [3.63, 3.8) is 0 Å². The average molecular weight is 289 g/mol. The minimum atomic E-state index is -0.478. The molecule has 1 atom stereocenters. The van der Waals surface area contributed by atoms with Gasteiger partial charge in [-0.15, -0.1) is 0 Å². The van der Waals surface area contributed by atoms with Crippen LogP contribution in [0, 0.1) is 5.92 Å². The summed E-state index contributed by atoms with van der Waals surface area (Å²) in [7, 11) is 2.73. The number of benzene rings is 1. The van der Waals surface area contributed by atoms with Crippen LogP contribution in [0.15, 0.2) is 47.6 Å². The molecule has 0 N–H and O–H groups in total. The van der Waals surface area contributed by atoms with E-state index in [4.69, 9.17) is 4.84 Å². The number of methoxy groups -OCH3 is 1. The molecule has 0 bridgehead atoms. The van der Waals surface area contributed by atoms with Gasteiger partial charge in [0, 0.05) is 11.6 Å². The Morgan fingerprint density at radius 2 is 1.90 bits per heavy atom. The van der Waals surface area contributed by atoms with Gasteiger partial charge in [-0.2, -0.15) is 0 Å². The minimum Gasteiger partial charge on any atom is -0.466 e. The van der Waals surface area contributed by atoms with Crippen LogP contribution in [-0.4, -0.2) is 31.7 Å². The molecule has 5 nitrogen and oxygen atoms in total. The Labute approximate surface area is 124 Å². The summed E-state index contributed by atoms with van der Waals surface area (Å²) in [6.45, 7) is 1.72. The highest BCUT2D eigenvalue weighted by Crippen LogP contribution is 2.16. The Bertz CT molecular complexity index is 534. The fourth-order valence-corrected chi connectivity index (χ4v) is 1.85. The molecule has 0 aromatic heterocycles. The number of ketones is 1. The van der Waals surface area contributed by atoms with Crippen LogP contribution in [0.2, 0.25) is 0 Å². The van der Waals surface area contributed by atoms with Crippen molar-refractivity contribution in [1.29, 1.82) is 0 Å². The van der Waals surface area contributed by atoms with Crippen LogP contribution >= 0.6 is 0 Å². The van der Waals surface area contributed by atoms with Gasteiger partial charge in [0.2, 0.25) is 0 Å². The van der Waals surface area contributed by atoms with E-state index in [0.29, 0.717) is 17.7 Å². The van der Waals surface area contributed by atoms with Gasteiger partial charge in [0.15, 0.2) is 5.78 Å². The fourth-order valence-electron chi connectivity index (χ4n) is 1.85. The molecule has 0 radical (unpaired) electrons. The van der Waals surface area contributed by atoms with Gasteiger partial charge in [-0.1, -0.05) is 41.6 Å². The lowest BCUT2D eigenvalue weighted by molar-refractivity contribution is -0.134. The van der Waals surface area contributed by atoms with Gasteiger partial charge in [-0.25, -0.2) is 4.79 Å². The van der Waals surface area contributed by atoms with E-state index >= 15 is 0 Å². The number of esters is 1. The van der Waals surface area contributed by atoms with E-state index in [1.165, 1.54) is 20.3 Å². The van der Waals surface area contributed by atoms with Crippen molar-refractivity contribution in [2.24, 2.45) is 11.1 Å². The van der Waals surface area contributed by atoms with E-state index in [2.05, 4.69) is 9.89 Å². The molecule has 0 saturated heterocycles. The average Bonchev–Trinajstić information content (AvgIpc) is 2.51. The zero-order chi connectivity index (χ0) is 15.7. The highest BCUT2D eigenvalue weighted by molar-refractivity contribution is 6.11. The van der Waals surface area contributed by atoms with Crippen LogP contribution in [0.5, 0.6) is 0 Å². The SMILES string of the molecule is CO/N=C(/C)C(C/C=C/C(=O)OC)C(=O)c1ccccc1. The van der Waals surface area contributed by atoms with Crippen molar-refractivity contribution in [2.75, 3.05) is 14.2 Å². The van der Waals surface area contributed by atoms with Crippen molar-refractivity contribution in [2.45, 2.75) is 13.3 Å². The fraction of sp³-hybridized carbons (Fsp3) is 0.312. The van der Waals surface area contributed by atoms with Crippen molar-refractivity contribution < 1.29 is 19.2 Å². The Kier molecular flexibility index (Phi) is 6.87. The summed E-state index contributed by atoms with van der Waals surface area (Å²) in [5.74, 6) is -1.00. The van der Waals surface area contributed by atoms with E-state index in [9.17, 15) is 9.59 Å². The zero-order valence-electron chi connectivity index (χ0n) is 12.4. The molecular weight excluding hydrogens is 270 g/mol. The number of Topliss-reactive ketones (excluding diaryl/α,β-unsaturated/α-hetero) is 1. The van der Waals surface area contributed by atoms with E-state index in [1.54, 1.807) is 37.3 Å². The Hall–Kier alpha value is -2.43. The minimum absolute atomic E-state index is 0.0663. The third kappa shape index (κ3) is 5.22. The third-order valence-electron chi connectivity index (χ3n) is 2.94. The number of carbonyl (C=O) groups excluding carboxylic acids is 2. The first kappa shape index (κ1) is 16.6. The number of nitrogens with zero attached hydrogens (tertiary/aromatic N) is 1. The summed E-state index contributed by atoms with van der Waals surface area (Å²) in [5, 5.41) is 3.84. The number of carbonyl (C=O) groups is 2. The van der Waals surface area contributed by atoms with Crippen molar-refractivity contribution in [1.82, 2.24) is 0 Å². The molecule has 1 aromatic rings. The van der Waals surface area contributed by atoms with E-state index in [0.717, 1.165) is 0 Å². The summed E-state index contributed by atoms with van der Waals surface area (Å²) < 4.78 is 4.52. The molecule has 21 heavy (non-hydrogen) atoms. The van der Waals surface area contributed by atoms with Gasteiger partial charge in [0.05, 0.1) is 18.7 Å². The number of allylic oxidation sites excluding steroid dienone is 1. The second-order valence-electron chi connectivity index (χ2n) is 4.36. The molecule has 1 rings (SSSR count). The molecule has 112 valence electrons. The Morgan fingerprint density at radius 1 is 1.24 bits per heavy atom. The molecule has 0 aliphatic heterocycles. The summed E-state index contributed by atoms with van der Waals surface area (Å²) in [5.41, 5.74) is 1.15. The van der Waals surface area contributed by atoms with Crippen LogP contribution < -0.4 is 0 Å². The first-order chi connectivity index (χ1) is 10.1. The summed E-state index contributed by atoms with van der Waals surface area (Å²) in [6, 6.07) is 8.95. The van der Waals surface area contributed by atoms with Gasteiger partial charge in [-0.05, 0) is 13.3 Å². The highest BCUT2D eigenvalue weighted by atomic mass is 16.6. The quantitative estimate of drug-likeness (QED) is 0.254. The monoisotopic (exact) mass is 289 g/mol. The van der Waals surface area contributed by atoms with Crippen molar-refractivity contribution in [3.05, 3.63) is 48.0 Å². The first-order valence-corrected chi connectivity index (χ1v) is 6.51. The standard InChI is InChI=1S/C16H19NO4/c1-12(17-21-3)14(10-7-11-15(18)20-2)16(19)13-8-5-4-6-9-13/h4-9,11,14H,10H2,1-3H3/b11-7+,17-12-. The lowest BCUT2D eigenvalue weighted by Gasteiger charge is -2.13. The van der Waals surface area contributed by atoms with E-state index in [-0.39, 0.29) is 5.78 Å². The van der Waals surface area contributed by atoms with Gasteiger partial charge >= 0.3 is 5.97 Å². The molecule has 0 aliphatic rings. The largest absolute Gasteiger partial charge is 0.466 e. The predicted octanol–water partition coefficient (Wildman–Crippen LogP) is 2.63. The molecule has 0 amide bonds. The van der Waals surface area contributed by atoms with Crippen LogP contribution in [0.1, 0.15) is 23.7 Å². The maximum Gasteiger partial charge on any atom is 0.330 e. The highest BCUT2D eigenvalue weighted by Gasteiger charge is 2.22. The molecule has 0 aliphatic carbocycles. The van der Waals surface area contributed by atoms with Gasteiger partial charge in [-0.3, -0.25) is 4.79 Å². The molecule has 0 fully saturated rings.